The molecule has 15 heavy (non-hydrogen) atoms. The van der Waals surface area contributed by atoms with Crippen molar-refractivity contribution in [2.24, 2.45) is 5.92 Å². The van der Waals surface area contributed by atoms with E-state index in [1.807, 2.05) is 0 Å². The second-order valence-corrected chi connectivity index (χ2v) is 4.93. The molecule has 2 aliphatic heterocycles. The maximum atomic E-state index is 5.43. The predicted molar refractivity (Wildman–Crippen MR) is 62.1 cm³/mol. The second kappa shape index (κ2) is 5.83. The fourth-order valence-corrected chi connectivity index (χ4v) is 2.69. The molecule has 0 bridgehead atoms. The molecule has 0 aromatic heterocycles. The second-order valence-electron chi connectivity index (χ2n) is 4.93. The number of nitrogens with one attached hydrogen (secondary N) is 1. The Morgan fingerprint density at radius 2 is 2.40 bits per heavy atom. The van der Waals surface area contributed by atoms with Gasteiger partial charge in [-0.05, 0) is 18.8 Å². The molecule has 0 aromatic rings. The summed E-state index contributed by atoms with van der Waals surface area (Å²) in [5.41, 5.74) is 0. The van der Waals surface area contributed by atoms with Gasteiger partial charge in [0.25, 0.3) is 0 Å². The quantitative estimate of drug-likeness (QED) is 0.755. The van der Waals surface area contributed by atoms with E-state index in [1.165, 1.54) is 38.9 Å². The summed E-state index contributed by atoms with van der Waals surface area (Å²) in [6, 6.07) is 0.728. The van der Waals surface area contributed by atoms with Crippen LogP contribution in [0.2, 0.25) is 0 Å². The highest BCUT2D eigenvalue weighted by atomic mass is 16.5. The van der Waals surface area contributed by atoms with E-state index in [9.17, 15) is 0 Å². The monoisotopic (exact) mass is 212 g/mol. The lowest BCUT2D eigenvalue weighted by Gasteiger charge is -2.34. The Bertz CT molecular complexity index is 178. The van der Waals surface area contributed by atoms with Gasteiger partial charge >= 0.3 is 0 Å². The van der Waals surface area contributed by atoms with Gasteiger partial charge in [-0.15, -0.1) is 0 Å². The van der Waals surface area contributed by atoms with E-state index in [4.69, 9.17) is 4.74 Å². The third kappa shape index (κ3) is 3.44. The Hall–Kier alpha value is -0.120. The lowest BCUT2D eigenvalue weighted by atomic mass is 10.1. The minimum Gasteiger partial charge on any atom is -0.381 e. The number of piperazine rings is 1. The van der Waals surface area contributed by atoms with Gasteiger partial charge < -0.3 is 15.0 Å². The van der Waals surface area contributed by atoms with E-state index < -0.39 is 0 Å². The maximum Gasteiger partial charge on any atom is 0.0507 e. The van der Waals surface area contributed by atoms with Crippen molar-refractivity contribution in [1.82, 2.24) is 10.2 Å². The topological polar surface area (TPSA) is 24.5 Å². The predicted octanol–water partition coefficient (Wildman–Crippen LogP) is 1.10. The van der Waals surface area contributed by atoms with Crippen molar-refractivity contribution < 1.29 is 4.74 Å². The van der Waals surface area contributed by atoms with Gasteiger partial charge in [-0.1, -0.05) is 13.3 Å². The standard InChI is InChI=1S/C12H24N2O/c1-2-3-12-9-14(6-5-13-12)8-11-4-7-15-10-11/h11-13H,2-10H2,1H3. The van der Waals surface area contributed by atoms with E-state index >= 15 is 0 Å². The van der Waals surface area contributed by atoms with Crippen LogP contribution in [0.25, 0.3) is 0 Å². The van der Waals surface area contributed by atoms with Gasteiger partial charge in [0.2, 0.25) is 0 Å². The van der Waals surface area contributed by atoms with Crippen LogP contribution in [0.15, 0.2) is 0 Å². The fourth-order valence-electron chi connectivity index (χ4n) is 2.69. The molecule has 2 atom stereocenters. The summed E-state index contributed by atoms with van der Waals surface area (Å²) in [7, 11) is 0. The molecule has 3 heteroatoms. The third-order valence-corrected chi connectivity index (χ3v) is 3.52. The molecule has 0 saturated carbocycles. The highest BCUT2D eigenvalue weighted by Crippen LogP contribution is 2.15. The first-order valence-electron chi connectivity index (χ1n) is 6.42. The minimum atomic E-state index is 0.728. The Kier molecular flexibility index (Phi) is 4.42. The zero-order valence-corrected chi connectivity index (χ0v) is 9.87. The largest absolute Gasteiger partial charge is 0.381 e. The summed E-state index contributed by atoms with van der Waals surface area (Å²) in [6.45, 7) is 9.12. The van der Waals surface area contributed by atoms with Gasteiger partial charge in [0, 0.05) is 38.8 Å². The van der Waals surface area contributed by atoms with Crippen LogP contribution in [0.1, 0.15) is 26.2 Å². The van der Waals surface area contributed by atoms with Crippen molar-refractivity contribution in [2.45, 2.75) is 32.2 Å². The van der Waals surface area contributed by atoms with Crippen molar-refractivity contribution >= 4 is 0 Å². The highest BCUT2D eigenvalue weighted by Gasteiger charge is 2.23. The van der Waals surface area contributed by atoms with E-state index in [2.05, 4.69) is 17.1 Å². The van der Waals surface area contributed by atoms with Crippen LogP contribution in [0, 0.1) is 5.92 Å². The van der Waals surface area contributed by atoms with Crippen LogP contribution in [-0.2, 0) is 4.74 Å². The Morgan fingerprint density at radius 1 is 1.47 bits per heavy atom. The maximum absolute atomic E-state index is 5.43. The molecule has 2 unspecified atom stereocenters. The average Bonchev–Trinajstić information content (AvgIpc) is 2.71. The Balaban J connectivity index is 1.71. The summed E-state index contributed by atoms with van der Waals surface area (Å²) in [6.07, 6.45) is 3.87. The van der Waals surface area contributed by atoms with Crippen molar-refractivity contribution in [3.63, 3.8) is 0 Å². The third-order valence-electron chi connectivity index (χ3n) is 3.52. The summed E-state index contributed by atoms with van der Waals surface area (Å²) >= 11 is 0. The number of ether oxygens (including phenoxy) is 1. The lowest BCUT2D eigenvalue weighted by molar-refractivity contribution is 0.145. The molecule has 0 aromatic carbocycles. The number of hydrogen-bond acceptors (Lipinski definition) is 3. The summed E-state index contributed by atoms with van der Waals surface area (Å²) in [4.78, 5) is 2.62. The number of rotatable bonds is 4. The molecule has 3 nitrogen and oxygen atoms in total. The van der Waals surface area contributed by atoms with Gasteiger partial charge in [0.15, 0.2) is 0 Å². The molecule has 1 N–H and O–H groups in total. The molecule has 2 saturated heterocycles. The van der Waals surface area contributed by atoms with E-state index in [1.54, 1.807) is 0 Å². The van der Waals surface area contributed by atoms with Crippen molar-refractivity contribution in [3.05, 3.63) is 0 Å². The lowest BCUT2D eigenvalue weighted by Crippen LogP contribution is -2.51. The van der Waals surface area contributed by atoms with Crippen molar-refractivity contribution in [1.29, 1.82) is 0 Å². The van der Waals surface area contributed by atoms with E-state index in [0.717, 1.165) is 31.7 Å². The minimum absolute atomic E-state index is 0.728. The van der Waals surface area contributed by atoms with Crippen LogP contribution >= 0.6 is 0 Å². The Labute approximate surface area is 93.2 Å². The first-order chi connectivity index (χ1) is 7.38. The normalized spacial score (nSPS) is 33.4. The van der Waals surface area contributed by atoms with Crippen LogP contribution in [0.5, 0.6) is 0 Å². The van der Waals surface area contributed by atoms with Crippen LogP contribution < -0.4 is 5.32 Å². The van der Waals surface area contributed by atoms with Gasteiger partial charge in [-0.25, -0.2) is 0 Å². The highest BCUT2D eigenvalue weighted by molar-refractivity contribution is 4.80. The molecule has 2 heterocycles. The summed E-state index contributed by atoms with van der Waals surface area (Å²) in [5, 5.41) is 3.60. The van der Waals surface area contributed by atoms with Crippen molar-refractivity contribution in [3.8, 4) is 0 Å². The molecule has 88 valence electrons. The molecular weight excluding hydrogens is 188 g/mol. The van der Waals surface area contributed by atoms with Crippen LogP contribution in [0.4, 0.5) is 0 Å². The number of nitrogens with zero attached hydrogens (tertiary/aromatic N) is 1. The fraction of sp³-hybridized carbons (Fsp3) is 1.00. The molecular formula is C12H24N2O. The van der Waals surface area contributed by atoms with Gasteiger partial charge in [0.1, 0.15) is 0 Å². The average molecular weight is 212 g/mol. The molecule has 0 aliphatic carbocycles. The molecule has 0 spiro atoms. The zero-order chi connectivity index (χ0) is 10.5. The molecule has 2 fully saturated rings. The first kappa shape index (κ1) is 11.4. The molecule has 0 radical (unpaired) electrons. The smallest absolute Gasteiger partial charge is 0.0507 e. The number of hydrogen-bond donors (Lipinski definition) is 1. The summed E-state index contributed by atoms with van der Waals surface area (Å²) < 4.78 is 5.43. The van der Waals surface area contributed by atoms with Crippen LogP contribution in [0.3, 0.4) is 0 Å². The molecule has 2 aliphatic rings. The SMILES string of the molecule is CCCC1CN(CC2CCOC2)CCN1. The van der Waals surface area contributed by atoms with E-state index in [-0.39, 0.29) is 0 Å². The van der Waals surface area contributed by atoms with E-state index in [0.29, 0.717) is 0 Å². The van der Waals surface area contributed by atoms with Crippen molar-refractivity contribution in [2.75, 3.05) is 39.4 Å². The van der Waals surface area contributed by atoms with Gasteiger partial charge in [-0.3, -0.25) is 0 Å². The molecule has 0 amide bonds. The van der Waals surface area contributed by atoms with Gasteiger partial charge in [0.05, 0.1) is 6.61 Å². The first-order valence-corrected chi connectivity index (χ1v) is 6.42. The van der Waals surface area contributed by atoms with Gasteiger partial charge in [-0.2, -0.15) is 0 Å². The summed E-state index contributed by atoms with van der Waals surface area (Å²) in [5.74, 6) is 0.797. The molecule has 2 rings (SSSR count). The van der Waals surface area contributed by atoms with Crippen LogP contribution in [-0.4, -0.2) is 50.3 Å². The Morgan fingerprint density at radius 3 is 3.13 bits per heavy atom. The zero-order valence-electron chi connectivity index (χ0n) is 9.87.